The summed E-state index contributed by atoms with van der Waals surface area (Å²) in [7, 11) is 4.37. The van der Waals surface area contributed by atoms with Gasteiger partial charge in [-0.15, -0.1) is 0 Å². The highest BCUT2D eigenvalue weighted by Crippen LogP contribution is 2.25. The van der Waals surface area contributed by atoms with Crippen LogP contribution in [-0.2, 0) is 19.1 Å². The van der Waals surface area contributed by atoms with Crippen LogP contribution in [0.25, 0.3) is 0 Å². The Morgan fingerprint density at radius 3 is 1.08 bits per heavy atom. The fourth-order valence-electron chi connectivity index (χ4n) is 7.32. The van der Waals surface area contributed by atoms with Gasteiger partial charge in [0.25, 0.3) is 0 Å². The summed E-state index contributed by atoms with van der Waals surface area (Å²) in [4.78, 5) is 26.9. The molecule has 0 amide bonds. The molecule has 0 aliphatic carbocycles. The summed E-state index contributed by atoms with van der Waals surface area (Å²) in [5, 5.41) is 0. The summed E-state index contributed by atoms with van der Waals surface area (Å²) in [6.07, 6.45) is 30.2. The van der Waals surface area contributed by atoms with Gasteiger partial charge in [0.1, 0.15) is 0 Å². The second kappa shape index (κ2) is 34.4. The van der Waals surface area contributed by atoms with E-state index >= 15 is 0 Å². The second-order valence-electron chi connectivity index (χ2n) is 18.5. The van der Waals surface area contributed by atoms with Gasteiger partial charge < -0.3 is 14.4 Å². The molecule has 2 unspecified atom stereocenters. The molecule has 0 aromatic heterocycles. The molecule has 5 heteroatoms. The van der Waals surface area contributed by atoms with Gasteiger partial charge in [-0.2, -0.15) is 0 Å². The minimum Gasteiger partial charge on any atom is -0.465 e. The van der Waals surface area contributed by atoms with Crippen LogP contribution in [0.5, 0.6) is 0 Å². The zero-order valence-corrected chi connectivity index (χ0v) is 36.9. The Labute approximate surface area is 326 Å². The van der Waals surface area contributed by atoms with Gasteiger partial charge in [-0.3, -0.25) is 9.59 Å². The maximum atomic E-state index is 12.3. The van der Waals surface area contributed by atoms with Gasteiger partial charge in [0.15, 0.2) is 0 Å². The number of hydrogen-bond donors (Lipinski definition) is 0. The van der Waals surface area contributed by atoms with E-state index < -0.39 is 0 Å². The lowest BCUT2D eigenvalue weighted by Gasteiger charge is -2.21. The molecule has 0 aromatic carbocycles. The van der Waals surface area contributed by atoms with E-state index in [1.54, 1.807) is 0 Å². The van der Waals surface area contributed by atoms with E-state index in [0.717, 1.165) is 44.4 Å². The zero-order valence-electron chi connectivity index (χ0n) is 36.9. The van der Waals surface area contributed by atoms with Crippen molar-refractivity contribution in [3.05, 3.63) is 0 Å². The van der Waals surface area contributed by atoms with Crippen molar-refractivity contribution in [3.63, 3.8) is 0 Å². The Morgan fingerprint density at radius 2 is 0.750 bits per heavy atom. The molecule has 52 heavy (non-hydrogen) atoms. The van der Waals surface area contributed by atoms with E-state index in [-0.39, 0.29) is 11.9 Å². The Kier molecular flexibility index (Phi) is 33.7. The summed E-state index contributed by atoms with van der Waals surface area (Å²) in [5.41, 5.74) is 0. The Balaban J connectivity index is 4.07. The molecule has 0 fully saturated rings. The van der Waals surface area contributed by atoms with E-state index in [4.69, 9.17) is 9.47 Å². The van der Waals surface area contributed by atoms with Gasteiger partial charge >= 0.3 is 11.9 Å². The minimum absolute atomic E-state index is 0.00347. The van der Waals surface area contributed by atoms with Gasteiger partial charge in [0.05, 0.1) is 13.2 Å². The third-order valence-electron chi connectivity index (χ3n) is 11.5. The van der Waals surface area contributed by atoms with Crippen LogP contribution in [0.4, 0.5) is 0 Å². The summed E-state index contributed by atoms with van der Waals surface area (Å²) in [6.45, 7) is 20.5. The van der Waals surface area contributed by atoms with Crippen molar-refractivity contribution in [3.8, 4) is 0 Å². The van der Waals surface area contributed by atoms with Crippen molar-refractivity contribution >= 4 is 11.9 Å². The van der Waals surface area contributed by atoms with Gasteiger partial charge in [-0.05, 0) is 94.2 Å². The topological polar surface area (TPSA) is 55.8 Å². The predicted molar refractivity (Wildman–Crippen MR) is 226 cm³/mol. The second-order valence-corrected chi connectivity index (χ2v) is 18.5. The van der Waals surface area contributed by atoms with Crippen molar-refractivity contribution in [2.45, 2.75) is 216 Å². The average Bonchev–Trinajstić information content (AvgIpc) is 3.07. The standard InChI is InChI=1S/C47H93NO4/c1-39(2)32-34-44(41(5)6)37-51-46(49)30-23-19-15-11-13-17-21-27-43(29-25-26-36-48(9)10)28-22-18-14-12-16-20-24-31-47(50)52-38-45(42(7)8)35-33-40(3)4/h39-45H,11-38H2,1-10H3. The third-order valence-corrected chi connectivity index (χ3v) is 11.5. The molecule has 0 bridgehead atoms. The quantitative estimate of drug-likeness (QED) is 0.0470. The van der Waals surface area contributed by atoms with E-state index in [9.17, 15) is 9.59 Å². The lowest BCUT2D eigenvalue weighted by atomic mass is 9.89. The van der Waals surface area contributed by atoms with Crippen LogP contribution in [0.3, 0.4) is 0 Å². The number of rotatable bonds is 37. The average molecular weight is 736 g/mol. The van der Waals surface area contributed by atoms with Crippen molar-refractivity contribution in [2.24, 2.45) is 41.4 Å². The molecule has 5 nitrogen and oxygen atoms in total. The highest BCUT2D eigenvalue weighted by Gasteiger charge is 2.18. The Bertz CT molecular complexity index is 749. The van der Waals surface area contributed by atoms with Crippen LogP contribution < -0.4 is 0 Å². The summed E-state index contributed by atoms with van der Waals surface area (Å²) in [6, 6.07) is 0. The zero-order chi connectivity index (χ0) is 39.0. The van der Waals surface area contributed by atoms with Crippen LogP contribution in [0.1, 0.15) is 216 Å². The first kappa shape index (κ1) is 50.9. The normalized spacial score (nSPS) is 13.8. The molecule has 0 radical (unpaired) electrons. The monoisotopic (exact) mass is 736 g/mol. The van der Waals surface area contributed by atoms with E-state index in [1.807, 2.05) is 0 Å². The molecule has 0 aliphatic heterocycles. The molecule has 0 saturated heterocycles. The molecule has 0 spiro atoms. The fraction of sp³-hybridized carbons (Fsp3) is 0.957. The third kappa shape index (κ3) is 33.5. The number of esters is 2. The van der Waals surface area contributed by atoms with Gasteiger partial charge in [0.2, 0.25) is 0 Å². The van der Waals surface area contributed by atoms with Gasteiger partial charge in [0, 0.05) is 12.8 Å². The lowest BCUT2D eigenvalue weighted by Crippen LogP contribution is -2.19. The Morgan fingerprint density at radius 1 is 0.423 bits per heavy atom. The Hall–Kier alpha value is -1.10. The van der Waals surface area contributed by atoms with Crippen molar-refractivity contribution in [2.75, 3.05) is 33.9 Å². The number of carbonyl (C=O) groups is 2. The number of unbranched alkanes of at least 4 members (excludes halogenated alkanes) is 13. The highest BCUT2D eigenvalue weighted by molar-refractivity contribution is 5.69. The minimum atomic E-state index is 0.00347. The smallest absolute Gasteiger partial charge is 0.305 e. The number of ether oxygens (including phenoxy) is 2. The van der Waals surface area contributed by atoms with E-state index in [1.165, 1.54) is 116 Å². The highest BCUT2D eigenvalue weighted by atomic mass is 16.5. The number of carbonyl (C=O) groups excluding carboxylic acids is 2. The molecular weight excluding hydrogens is 643 g/mol. The molecule has 0 rings (SSSR count). The predicted octanol–water partition coefficient (Wildman–Crippen LogP) is 13.9. The molecule has 0 heterocycles. The van der Waals surface area contributed by atoms with Crippen LogP contribution in [-0.4, -0.2) is 50.7 Å². The van der Waals surface area contributed by atoms with Crippen molar-refractivity contribution in [1.82, 2.24) is 4.90 Å². The molecule has 0 aromatic rings. The summed E-state index contributed by atoms with van der Waals surface area (Å²) < 4.78 is 11.3. The molecule has 0 saturated carbocycles. The maximum absolute atomic E-state index is 12.3. The lowest BCUT2D eigenvalue weighted by molar-refractivity contribution is -0.146. The molecule has 310 valence electrons. The van der Waals surface area contributed by atoms with Crippen LogP contribution in [0.2, 0.25) is 0 Å². The summed E-state index contributed by atoms with van der Waals surface area (Å²) >= 11 is 0. The van der Waals surface area contributed by atoms with Crippen LogP contribution >= 0.6 is 0 Å². The number of nitrogens with zero attached hydrogens (tertiary/aromatic N) is 1. The first-order chi connectivity index (χ1) is 24.8. The van der Waals surface area contributed by atoms with Crippen molar-refractivity contribution in [1.29, 1.82) is 0 Å². The van der Waals surface area contributed by atoms with Gasteiger partial charge in [-0.1, -0.05) is 171 Å². The number of hydrogen-bond acceptors (Lipinski definition) is 5. The van der Waals surface area contributed by atoms with Crippen molar-refractivity contribution < 1.29 is 19.1 Å². The SMILES string of the molecule is CC(C)CCC(COC(=O)CCCCCCCCCC(CCCCCCCCCC(=O)OCC(CCC(C)C)C(C)C)CCCCN(C)C)C(C)C. The van der Waals surface area contributed by atoms with E-state index in [0.29, 0.717) is 61.6 Å². The fourth-order valence-corrected chi connectivity index (χ4v) is 7.32. The molecular formula is C47H93NO4. The molecule has 0 aliphatic rings. The maximum Gasteiger partial charge on any atom is 0.305 e. The largest absolute Gasteiger partial charge is 0.465 e. The van der Waals surface area contributed by atoms with Crippen LogP contribution in [0, 0.1) is 41.4 Å². The van der Waals surface area contributed by atoms with Gasteiger partial charge in [-0.25, -0.2) is 0 Å². The summed E-state index contributed by atoms with van der Waals surface area (Å²) in [5.74, 6) is 4.41. The van der Waals surface area contributed by atoms with Crippen LogP contribution in [0.15, 0.2) is 0 Å². The molecule has 0 N–H and O–H groups in total. The first-order valence-corrected chi connectivity index (χ1v) is 22.8. The van der Waals surface area contributed by atoms with E-state index in [2.05, 4.69) is 74.4 Å². The molecule has 2 atom stereocenters. The first-order valence-electron chi connectivity index (χ1n) is 22.8.